The third kappa shape index (κ3) is 4.13. The highest BCUT2D eigenvalue weighted by atomic mass is 16.4. The van der Waals surface area contributed by atoms with Crippen molar-refractivity contribution in [3.05, 3.63) is 35.9 Å². The second-order valence-corrected chi connectivity index (χ2v) is 5.15. The topological polar surface area (TPSA) is 66.6 Å². The van der Waals surface area contributed by atoms with Gasteiger partial charge in [0.25, 0.3) is 0 Å². The van der Waals surface area contributed by atoms with E-state index < -0.39 is 11.5 Å². The first kappa shape index (κ1) is 14.7. The first-order valence-electron chi connectivity index (χ1n) is 6.08. The number of carboxylic acids is 1. The number of rotatable bonds is 6. The Morgan fingerprint density at radius 1 is 1.44 bits per heavy atom. The summed E-state index contributed by atoms with van der Waals surface area (Å²) < 4.78 is 0. The van der Waals surface area contributed by atoms with E-state index in [1.54, 1.807) is 6.92 Å². The molecule has 0 aliphatic rings. The van der Waals surface area contributed by atoms with Crippen LogP contribution in [-0.4, -0.2) is 34.6 Å². The second kappa shape index (κ2) is 5.98. The van der Waals surface area contributed by atoms with Crippen LogP contribution in [0.5, 0.6) is 0 Å². The molecule has 0 heterocycles. The summed E-state index contributed by atoms with van der Waals surface area (Å²) in [4.78, 5) is 12.9. The number of carbonyl (C=O) groups is 1. The van der Waals surface area contributed by atoms with Gasteiger partial charge < -0.3 is 10.8 Å². The number of aliphatic carboxylic acids is 1. The maximum atomic E-state index is 10.8. The number of benzene rings is 1. The molecule has 0 aliphatic carbocycles. The van der Waals surface area contributed by atoms with Crippen LogP contribution in [0.2, 0.25) is 0 Å². The molecule has 0 spiro atoms. The smallest absolute Gasteiger partial charge is 0.305 e. The maximum Gasteiger partial charge on any atom is 0.305 e. The van der Waals surface area contributed by atoms with Gasteiger partial charge in [-0.25, -0.2) is 0 Å². The maximum absolute atomic E-state index is 10.8. The highest BCUT2D eigenvalue weighted by molar-refractivity contribution is 5.68. The van der Waals surface area contributed by atoms with Crippen molar-refractivity contribution < 1.29 is 9.90 Å². The molecule has 1 aromatic carbocycles. The lowest BCUT2D eigenvalue weighted by atomic mass is 9.90. The summed E-state index contributed by atoms with van der Waals surface area (Å²) in [6.07, 6.45) is -0.0344. The second-order valence-electron chi connectivity index (χ2n) is 5.15. The van der Waals surface area contributed by atoms with Crippen LogP contribution in [0.15, 0.2) is 30.3 Å². The van der Waals surface area contributed by atoms with Crippen molar-refractivity contribution in [2.75, 3.05) is 7.05 Å². The van der Waals surface area contributed by atoms with Crippen molar-refractivity contribution in [3.63, 3.8) is 0 Å². The molecule has 4 heteroatoms. The van der Waals surface area contributed by atoms with Crippen LogP contribution < -0.4 is 5.73 Å². The minimum absolute atomic E-state index is 0.0196. The standard InChI is InChI=1S/C14H22N2O2/c1-11(14(2,15)9-13(17)18)16(3)10-12-7-5-4-6-8-12/h4-8,11H,9-10,15H2,1-3H3,(H,17,18). The minimum atomic E-state index is -0.861. The lowest BCUT2D eigenvalue weighted by molar-refractivity contribution is -0.138. The molecule has 100 valence electrons. The molecule has 1 rings (SSSR count). The predicted octanol–water partition coefficient (Wildman–Crippen LogP) is 1.70. The third-order valence-corrected chi connectivity index (χ3v) is 3.42. The summed E-state index contributed by atoms with van der Waals surface area (Å²) >= 11 is 0. The van der Waals surface area contributed by atoms with Crippen LogP contribution in [0.25, 0.3) is 0 Å². The fourth-order valence-electron chi connectivity index (χ4n) is 1.99. The number of likely N-dealkylation sites (N-methyl/N-ethyl adjacent to an activating group) is 1. The molecule has 0 aliphatic heterocycles. The van der Waals surface area contributed by atoms with E-state index in [2.05, 4.69) is 4.90 Å². The Labute approximate surface area is 108 Å². The quantitative estimate of drug-likeness (QED) is 0.806. The van der Waals surface area contributed by atoms with Crippen molar-refractivity contribution in [1.82, 2.24) is 4.90 Å². The van der Waals surface area contributed by atoms with Crippen LogP contribution in [0.1, 0.15) is 25.8 Å². The van der Waals surface area contributed by atoms with E-state index in [0.29, 0.717) is 0 Å². The molecule has 0 fully saturated rings. The Bertz CT molecular complexity index is 390. The van der Waals surface area contributed by atoms with Crippen LogP contribution in [0.3, 0.4) is 0 Å². The van der Waals surface area contributed by atoms with Crippen LogP contribution >= 0.6 is 0 Å². The molecule has 1 aromatic rings. The van der Waals surface area contributed by atoms with Crippen molar-refractivity contribution in [2.45, 2.75) is 38.4 Å². The van der Waals surface area contributed by atoms with Crippen LogP contribution in [0.4, 0.5) is 0 Å². The summed E-state index contributed by atoms with van der Waals surface area (Å²) in [6.45, 7) is 4.51. The van der Waals surface area contributed by atoms with Gasteiger partial charge in [0, 0.05) is 18.1 Å². The van der Waals surface area contributed by atoms with Gasteiger partial charge in [0.05, 0.1) is 6.42 Å². The molecule has 0 aromatic heterocycles. The Morgan fingerprint density at radius 3 is 2.50 bits per heavy atom. The van der Waals surface area contributed by atoms with E-state index in [1.165, 1.54) is 5.56 Å². The lowest BCUT2D eigenvalue weighted by Gasteiger charge is -2.37. The summed E-state index contributed by atoms with van der Waals surface area (Å²) in [5.74, 6) is -0.861. The zero-order chi connectivity index (χ0) is 13.8. The van der Waals surface area contributed by atoms with Gasteiger partial charge in [0.15, 0.2) is 0 Å². The first-order chi connectivity index (χ1) is 8.33. The molecule has 18 heavy (non-hydrogen) atoms. The summed E-state index contributed by atoms with van der Waals surface area (Å²) in [5, 5.41) is 8.87. The molecule has 2 atom stereocenters. The predicted molar refractivity (Wildman–Crippen MR) is 72.2 cm³/mol. The molecule has 0 radical (unpaired) electrons. The van der Waals surface area contributed by atoms with E-state index in [0.717, 1.165) is 6.54 Å². The van der Waals surface area contributed by atoms with Gasteiger partial charge in [-0.3, -0.25) is 9.69 Å². The van der Waals surface area contributed by atoms with Gasteiger partial charge in [0.1, 0.15) is 0 Å². The Kier molecular flexibility index (Phi) is 4.87. The minimum Gasteiger partial charge on any atom is -0.481 e. The average molecular weight is 250 g/mol. The number of hydrogen-bond donors (Lipinski definition) is 2. The molecular formula is C14H22N2O2. The molecular weight excluding hydrogens is 228 g/mol. The number of carboxylic acid groups (broad SMARTS) is 1. The van der Waals surface area contributed by atoms with Crippen LogP contribution in [0, 0.1) is 0 Å². The molecule has 0 saturated carbocycles. The van der Waals surface area contributed by atoms with E-state index in [1.807, 2.05) is 44.3 Å². The molecule has 0 saturated heterocycles. The van der Waals surface area contributed by atoms with Crippen molar-refractivity contribution >= 4 is 5.97 Å². The van der Waals surface area contributed by atoms with Gasteiger partial charge in [-0.15, -0.1) is 0 Å². The molecule has 3 N–H and O–H groups in total. The average Bonchev–Trinajstić information content (AvgIpc) is 2.27. The van der Waals surface area contributed by atoms with Gasteiger partial charge in [-0.1, -0.05) is 30.3 Å². The number of nitrogens with zero attached hydrogens (tertiary/aromatic N) is 1. The van der Waals surface area contributed by atoms with Crippen LogP contribution in [-0.2, 0) is 11.3 Å². The van der Waals surface area contributed by atoms with Crippen molar-refractivity contribution in [2.24, 2.45) is 5.73 Å². The lowest BCUT2D eigenvalue weighted by Crippen LogP contribution is -2.54. The third-order valence-electron chi connectivity index (χ3n) is 3.42. The summed E-state index contributed by atoms with van der Waals surface area (Å²) in [5.41, 5.74) is 6.55. The van der Waals surface area contributed by atoms with Gasteiger partial charge in [-0.05, 0) is 26.5 Å². The van der Waals surface area contributed by atoms with Gasteiger partial charge >= 0.3 is 5.97 Å². The van der Waals surface area contributed by atoms with E-state index in [4.69, 9.17) is 10.8 Å². The molecule has 4 nitrogen and oxygen atoms in total. The number of nitrogens with two attached hydrogens (primary N) is 1. The Hall–Kier alpha value is -1.39. The van der Waals surface area contributed by atoms with Crippen molar-refractivity contribution in [1.29, 1.82) is 0 Å². The largest absolute Gasteiger partial charge is 0.481 e. The zero-order valence-corrected chi connectivity index (χ0v) is 11.3. The van der Waals surface area contributed by atoms with Crippen molar-refractivity contribution in [3.8, 4) is 0 Å². The summed E-state index contributed by atoms with van der Waals surface area (Å²) in [7, 11) is 1.96. The molecule has 0 amide bonds. The summed E-state index contributed by atoms with van der Waals surface area (Å²) in [6, 6.07) is 10.0. The van der Waals surface area contributed by atoms with E-state index in [9.17, 15) is 4.79 Å². The van der Waals surface area contributed by atoms with Gasteiger partial charge in [-0.2, -0.15) is 0 Å². The van der Waals surface area contributed by atoms with Gasteiger partial charge in [0.2, 0.25) is 0 Å². The number of hydrogen-bond acceptors (Lipinski definition) is 3. The normalized spacial score (nSPS) is 16.3. The Morgan fingerprint density at radius 2 is 2.00 bits per heavy atom. The Balaban J connectivity index is 2.66. The van der Waals surface area contributed by atoms with E-state index in [-0.39, 0.29) is 12.5 Å². The molecule has 2 unspecified atom stereocenters. The zero-order valence-electron chi connectivity index (χ0n) is 11.3. The SMILES string of the molecule is CC(N(C)Cc1ccccc1)C(C)(N)CC(=O)O. The monoisotopic (exact) mass is 250 g/mol. The molecule has 0 bridgehead atoms. The first-order valence-corrected chi connectivity index (χ1v) is 6.08. The fraction of sp³-hybridized carbons (Fsp3) is 0.500. The fourth-order valence-corrected chi connectivity index (χ4v) is 1.99. The van der Waals surface area contributed by atoms with E-state index >= 15 is 0 Å². The highest BCUT2D eigenvalue weighted by Crippen LogP contribution is 2.18. The highest BCUT2D eigenvalue weighted by Gasteiger charge is 2.31.